The fraction of sp³-hybridized carbons (Fsp3) is 0.357. The molecule has 0 aliphatic rings. The van der Waals surface area contributed by atoms with Crippen LogP contribution in [-0.2, 0) is 14.5 Å². The van der Waals surface area contributed by atoms with Crippen LogP contribution in [0, 0.1) is 0 Å². The molecule has 0 heterocycles. The standard InChI is InChI=1S/C14H18ClNO2/c1-4-13(17)18-11-10-14(15,16(2)3)12-8-6-5-7-9-12/h4-9H,1,10-11H2,2-3H3. The smallest absolute Gasteiger partial charge is 0.330 e. The molecule has 0 amide bonds. The summed E-state index contributed by atoms with van der Waals surface area (Å²) in [6, 6.07) is 9.73. The van der Waals surface area contributed by atoms with Gasteiger partial charge in [-0.05, 0) is 19.7 Å². The lowest BCUT2D eigenvalue weighted by atomic mass is 10.0. The fourth-order valence-electron chi connectivity index (χ4n) is 1.67. The Morgan fingerprint density at radius 2 is 2.06 bits per heavy atom. The Labute approximate surface area is 113 Å². The third-order valence-electron chi connectivity index (χ3n) is 2.77. The number of hydrogen-bond donors (Lipinski definition) is 0. The van der Waals surface area contributed by atoms with Crippen molar-refractivity contribution in [3.05, 3.63) is 48.6 Å². The van der Waals surface area contributed by atoms with Gasteiger partial charge in [-0.3, -0.25) is 4.90 Å². The molecule has 0 aliphatic heterocycles. The van der Waals surface area contributed by atoms with Crippen molar-refractivity contribution in [1.29, 1.82) is 0 Å². The van der Waals surface area contributed by atoms with Crippen LogP contribution in [0.4, 0.5) is 0 Å². The average Bonchev–Trinajstić information content (AvgIpc) is 2.39. The largest absolute Gasteiger partial charge is 0.462 e. The monoisotopic (exact) mass is 267 g/mol. The molecule has 0 fully saturated rings. The molecule has 0 N–H and O–H groups in total. The third kappa shape index (κ3) is 3.59. The van der Waals surface area contributed by atoms with Gasteiger partial charge in [-0.15, -0.1) is 0 Å². The lowest BCUT2D eigenvalue weighted by Crippen LogP contribution is -2.37. The summed E-state index contributed by atoms with van der Waals surface area (Å²) in [4.78, 5) is 12.2. The second-order valence-corrected chi connectivity index (χ2v) is 4.77. The van der Waals surface area contributed by atoms with Gasteiger partial charge in [0.15, 0.2) is 0 Å². The lowest BCUT2D eigenvalue weighted by Gasteiger charge is -2.34. The number of carbonyl (C=O) groups excluding carboxylic acids is 1. The molecule has 3 nitrogen and oxygen atoms in total. The maximum absolute atomic E-state index is 11.0. The highest BCUT2D eigenvalue weighted by atomic mass is 35.5. The summed E-state index contributed by atoms with van der Waals surface area (Å²) in [5, 5.41) is 0. The number of halogens is 1. The number of benzene rings is 1. The predicted octanol–water partition coefficient (Wildman–Crippen LogP) is 2.76. The zero-order valence-electron chi connectivity index (χ0n) is 10.7. The van der Waals surface area contributed by atoms with E-state index in [9.17, 15) is 4.79 Å². The SMILES string of the molecule is C=CC(=O)OCCC(Cl)(c1ccccc1)N(C)C. The van der Waals surface area contributed by atoms with E-state index in [1.54, 1.807) is 0 Å². The molecule has 1 aromatic carbocycles. The van der Waals surface area contributed by atoms with Crippen molar-refractivity contribution in [3.8, 4) is 0 Å². The first-order chi connectivity index (χ1) is 8.50. The zero-order valence-corrected chi connectivity index (χ0v) is 11.5. The van der Waals surface area contributed by atoms with Gasteiger partial charge in [-0.2, -0.15) is 0 Å². The molecule has 1 rings (SSSR count). The van der Waals surface area contributed by atoms with E-state index in [0.717, 1.165) is 11.6 Å². The van der Waals surface area contributed by atoms with Crippen LogP contribution < -0.4 is 0 Å². The summed E-state index contributed by atoms with van der Waals surface area (Å²) in [6.45, 7) is 3.60. The second kappa shape index (κ2) is 6.57. The summed E-state index contributed by atoms with van der Waals surface area (Å²) in [5.74, 6) is -0.430. The number of carbonyl (C=O) groups is 1. The van der Waals surface area contributed by atoms with E-state index in [1.807, 2.05) is 49.3 Å². The van der Waals surface area contributed by atoms with Crippen molar-refractivity contribution in [2.75, 3.05) is 20.7 Å². The predicted molar refractivity (Wildman–Crippen MR) is 73.4 cm³/mol. The Kier molecular flexibility index (Phi) is 5.38. The van der Waals surface area contributed by atoms with E-state index in [1.165, 1.54) is 0 Å². The van der Waals surface area contributed by atoms with Crippen LogP contribution in [-0.4, -0.2) is 31.6 Å². The number of rotatable bonds is 6. The van der Waals surface area contributed by atoms with Gasteiger partial charge >= 0.3 is 5.97 Å². The minimum Gasteiger partial charge on any atom is -0.462 e. The van der Waals surface area contributed by atoms with E-state index in [0.29, 0.717) is 6.42 Å². The van der Waals surface area contributed by atoms with Crippen LogP contribution in [0.1, 0.15) is 12.0 Å². The fourth-order valence-corrected chi connectivity index (χ4v) is 1.87. The van der Waals surface area contributed by atoms with Crippen LogP contribution in [0.2, 0.25) is 0 Å². The van der Waals surface area contributed by atoms with Gasteiger partial charge in [0.1, 0.15) is 5.00 Å². The first-order valence-electron chi connectivity index (χ1n) is 5.72. The van der Waals surface area contributed by atoms with Crippen molar-refractivity contribution in [3.63, 3.8) is 0 Å². The van der Waals surface area contributed by atoms with E-state index < -0.39 is 11.0 Å². The van der Waals surface area contributed by atoms with Crippen LogP contribution in [0.25, 0.3) is 0 Å². The molecule has 18 heavy (non-hydrogen) atoms. The minimum atomic E-state index is -0.678. The number of nitrogens with zero attached hydrogens (tertiary/aromatic N) is 1. The molecule has 1 atom stereocenters. The van der Waals surface area contributed by atoms with E-state index in [-0.39, 0.29) is 6.61 Å². The zero-order chi connectivity index (χ0) is 13.6. The Balaban J connectivity index is 2.76. The molecule has 1 unspecified atom stereocenters. The number of alkyl halides is 1. The van der Waals surface area contributed by atoms with E-state index in [4.69, 9.17) is 16.3 Å². The quantitative estimate of drug-likeness (QED) is 0.344. The Morgan fingerprint density at radius 3 is 2.56 bits per heavy atom. The van der Waals surface area contributed by atoms with Crippen LogP contribution in [0.5, 0.6) is 0 Å². The van der Waals surface area contributed by atoms with Gasteiger partial charge in [0.2, 0.25) is 0 Å². The molecule has 0 saturated heterocycles. The molecule has 0 spiro atoms. The van der Waals surface area contributed by atoms with Crippen molar-refractivity contribution in [2.45, 2.75) is 11.4 Å². The number of ether oxygens (including phenoxy) is 1. The second-order valence-electron chi connectivity index (χ2n) is 4.14. The van der Waals surface area contributed by atoms with Gasteiger partial charge in [0.25, 0.3) is 0 Å². The summed E-state index contributed by atoms with van der Waals surface area (Å²) in [5.41, 5.74) is 0.978. The molecule has 0 aliphatic carbocycles. The summed E-state index contributed by atoms with van der Waals surface area (Å²) < 4.78 is 4.99. The van der Waals surface area contributed by atoms with Crippen LogP contribution in [0.3, 0.4) is 0 Å². The van der Waals surface area contributed by atoms with Gasteiger partial charge in [-0.25, -0.2) is 4.79 Å². The molecule has 4 heteroatoms. The van der Waals surface area contributed by atoms with Gasteiger partial charge < -0.3 is 4.74 Å². The summed E-state index contributed by atoms with van der Waals surface area (Å²) in [7, 11) is 3.80. The van der Waals surface area contributed by atoms with Gasteiger partial charge in [-0.1, -0.05) is 48.5 Å². The van der Waals surface area contributed by atoms with E-state index >= 15 is 0 Å². The number of esters is 1. The lowest BCUT2D eigenvalue weighted by molar-refractivity contribution is -0.138. The molecular weight excluding hydrogens is 250 g/mol. The Bertz CT molecular complexity index is 406. The third-order valence-corrected chi connectivity index (χ3v) is 3.51. The Morgan fingerprint density at radius 1 is 1.44 bits per heavy atom. The molecule has 1 aromatic rings. The van der Waals surface area contributed by atoms with Crippen LogP contribution >= 0.6 is 11.6 Å². The molecule has 0 aromatic heterocycles. The normalized spacial score (nSPS) is 14.0. The highest BCUT2D eigenvalue weighted by molar-refractivity contribution is 6.23. The molecule has 0 radical (unpaired) electrons. The summed E-state index contributed by atoms with van der Waals surface area (Å²) in [6.07, 6.45) is 1.65. The molecule has 0 bridgehead atoms. The highest BCUT2D eigenvalue weighted by Gasteiger charge is 2.32. The minimum absolute atomic E-state index is 0.251. The Hall–Kier alpha value is -1.32. The number of hydrogen-bond acceptors (Lipinski definition) is 3. The van der Waals surface area contributed by atoms with Crippen molar-refractivity contribution in [1.82, 2.24) is 4.90 Å². The van der Waals surface area contributed by atoms with E-state index in [2.05, 4.69) is 6.58 Å². The first kappa shape index (κ1) is 14.7. The maximum atomic E-state index is 11.0. The summed E-state index contributed by atoms with van der Waals surface area (Å²) >= 11 is 6.64. The van der Waals surface area contributed by atoms with Gasteiger partial charge in [0.05, 0.1) is 6.61 Å². The van der Waals surface area contributed by atoms with Crippen molar-refractivity contribution < 1.29 is 9.53 Å². The first-order valence-corrected chi connectivity index (χ1v) is 6.09. The topological polar surface area (TPSA) is 29.5 Å². The average molecular weight is 268 g/mol. The van der Waals surface area contributed by atoms with Crippen molar-refractivity contribution in [2.24, 2.45) is 0 Å². The molecule has 98 valence electrons. The molecule has 0 saturated carbocycles. The van der Waals surface area contributed by atoms with Crippen molar-refractivity contribution >= 4 is 17.6 Å². The molecular formula is C14H18ClNO2. The maximum Gasteiger partial charge on any atom is 0.330 e. The highest BCUT2D eigenvalue weighted by Crippen LogP contribution is 2.34. The van der Waals surface area contributed by atoms with Gasteiger partial charge in [0, 0.05) is 12.5 Å². The van der Waals surface area contributed by atoms with Crippen LogP contribution in [0.15, 0.2) is 43.0 Å².